The minimum Gasteiger partial charge on any atom is -0.497 e. The van der Waals surface area contributed by atoms with Crippen molar-refractivity contribution in [2.45, 2.75) is 6.42 Å². The molecule has 160 valence electrons. The van der Waals surface area contributed by atoms with Crippen LogP contribution in [0.3, 0.4) is 0 Å². The third-order valence-electron chi connectivity index (χ3n) is 4.45. The van der Waals surface area contributed by atoms with Gasteiger partial charge in [-0.25, -0.2) is 4.98 Å². The molecule has 0 spiro atoms. The molecule has 0 aliphatic rings. The molecule has 0 aliphatic heterocycles. The fourth-order valence-corrected chi connectivity index (χ4v) is 3.97. The van der Waals surface area contributed by atoms with Crippen molar-refractivity contribution in [3.05, 3.63) is 64.5 Å². The van der Waals surface area contributed by atoms with Crippen molar-refractivity contribution in [2.75, 3.05) is 39.2 Å². The molecule has 3 rings (SSSR count). The molecule has 1 amide bonds. The van der Waals surface area contributed by atoms with Gasteiger partial charge in [0.2, 0.25) is 0 Å². The number of methoxy groups -OCH3 is 1. The van der Waals surface area contributed by atoms with Gasteiger partial charge in [-0.05, 0) is 63.5 Å². The topological polar surface area (TPSA) is 45.7 Å². The molecule has 0 saturated heterocycles. The number of hydrogen-bond donors (Lipinski definition) is 0. The average molecular weight is 466 g/mol. The van der Waals surface area contributed by atoms with Crippen molar-refractivity contribution in [1.82, 2.24) is 9.88 Å². The molecule has 8 heteroatoms. The third kappa shape index (κ3) is 5.95. The molecule has 0 fully saturated rings. The molecule has 0 radical (unpaired) electrons. The van der Waals surface area contributed by atoms with Crippen LogP contribution in [0.15, 0.2) is 53.9 Å². The van der Waals surface area contributed by atoms with Gasteiger partial charge in [0.15, 0.2) is 5.13 Å². The lowest BCUT2D eigenvalue weighted by Gasteiger charge is -2.21. The van der Waals surface area contributed by atoms with Gasteiger partial charge in [0.05, 0.1) is 23.4 Å². The molecule has 0 saturated carbocycles. The normalized spacial score (nSPS) is 10.6. The summed E-state index contributed by atoms with van der Waals surface area (Å²) < 4.78 is 5.22. The Bertz CT molecular complexity index is 961. The number of nitrogens with zero attached hydrogens (tertiary/aromatic N) is 3. The van der Waals surface area contributed by atoms with E-state index in [0.717, 1.165) is 30.0 Å². The van der Waals surface area contributed by atoms with Gasteiger partial charge in [0.25, 0.3) is 5.91 Å². The summed E-state index contributed by atoms with van der Waals surface area (Å²) in [5.41, 5.74) is 2.30. The third-order valence-corrected chi connectivity index (χ3v) is 5.64. The van der Waals surface area contributed by atoms with E-state index in [1.807, 2.05) is 55.9 Å². The average Bonchev–Trinajstić information content (AvgIpc) is 3.21. The molecule has 0 aliphatic carbocycles. The molecule has 1 aromatic heterocycles. The van der Waals surface area contributed by atoms with E-state index >= 15 is 0 Å². The van der Waals surface area contributed by atoms with Crippen LogP contribution in [0.25, 0.3) is 11.3 Å². The summed E-state index contributed by atoms with van der Waals surface area (Å²) in [4.78, 5) is 21.8. The lowest BCUT2D eigenvalue weighted by atomic mass is 10.2. The smallest absolute Gasteiger partial charge is 0.261 e. The number of carbonyl (C=O) groups excluding carboxylic acids is 1. The van der Waals surface area contributed by atoms with Crippen molar-refractivity contribution < 1.29 is 9.53 Å². The molecule has 0 atom stereocenters. The first-order valence-electron chi connectivity index (χ1n) is 9.30. The van der Waals surface area contributed by atoms with Gasteiger partial charge in [0, 0.05) is 17.5 Å². The van der Waals surface area contributed by atoms with Crippen LogP contribution in [0.1, 0.15) is 16.8 Å². The van der Waals surface area contributed by atoms with Crippen LogP contribution in [0.2, 0.25) is 5.02 Å². The Hall–Kier alpha value is -2.12. The van der Waals surface area contributed by atoms with Crippen molar-refractivity contribution in [3.63, 3.8) is 0 Å². The number of anilines is 1. The molecule has 5 nitrogen and oxygen atoms in total. The first-order valence-corrected chi connectivity index (χ1v) is 10.6. The number of hydrogen-bond acceptors (Lipinski definition) is 5. The minimum absolute atomic E-state index is 0. The summed E-state index contributed by atoms with van der Waals surface area (Å²) in [6, 6.07) is 14.9. The van der Waals surface area contributed by atoms with Crippen molar-refractivity contribution in [3.8, 4) is 17.0 Å². The number of thiazole rings is 1. The first kappa shape index (κ1) is 24.2. The van der Waals surface area contributed by atoms with Crippen LogP contribution in [-0.2, 0) is 0 Å². The van der Waals surface area contributed by atoms with Crippen molar-refractivity contribution in [2.24, 2.45) is 0 Å². The molecule has 30 heavy (non-hydrogen) atoms. The van der Waals surface area contributed by atoms with E-state index in [1.165, 1.54) is 11.3 Å². The van der Waals surface area contributed by atoms with E-state index in [0.29, 0.717) is 22.3 Å². The molecule has 3 aromatic rings. The molecular weight excluding hydrogens is 441 g/mol. The summed E-state index contributed by atoms with van der Waals surface area (Å²) in [6.45, 7) is 1.45. The van der Waals surface area contributed by atoms with E-state index < -0.39 is 0 Å². The lowest BCUT2D eigenvalue weighted by Crippen LogP contribution is -2.33. The molecule has 1 heterocycles. The van der Waals surface area contributed by atoms with Crippen molar-refractivity contribution in [1.29, 1.82) is 0 Å². The maximum atomic E-state index is 13.2. The van der Waals surface area contributed by atoms with E-state index in [-0.39, 0.29) is 18.3 Å². The largest absolute Gasteiger partial charge is 0.497 e. The predicted octanol–water partition coefficient (Wildman–Crippen LogP) is 5.49. The van der Waals surface area contributed by atoms with Gasteiger partial charge in [-0.1, -0.05) is 23.7 Å². The Morgan fingerprint density at radius 2 is 1.80 bits per heavy atom. The second-order valence-corrected chi connectivity index (χ2v) is 8.08. The van der Waals surface area contributed by atoms with E-state index in [1.54, 1.807) is 24.1 Å². The van der Waals surface area contributed by atoms with E-state index in [9.17, 15) is 4.79 Å². The number of benzene rings is 2. The predicted molar refractivity (Wildman–Crippen MR) is 128 cm³/mol. The summed E-state index contributed by atoms with van der Waals surface area (Å²) in [5, 5.41) is 3.08. The Kier molecular flexibility index (Phi) is 9.11. The van der Waals surface area contributed by atoms with Crippen LogP contribution in [0.5, 0.6) is 5.75 Å². The summed E-state index contributed by atoms with van der Waals surface area (Å²) >= 11 is 7.74. The first-order chi connectivity index (χ1) is 14.0. The maximum absolute atomic E-state index is 13.2. The number of rotatable bonds is 8. The molecular formula is C22H25Cl2N3O2S. The summed E-state index contributed by atoms with van der Waals surface area (Å²) in [7, 11) is 5.68. The Labute approximate surface area is 192 Å². The second kappa shape index (κ2) is 11.3. The Morgan fingerprint density at radius 1 is 1.10 bits per heavy atom. The Morgan fingerprint density at radius 3 is 2.43 bits per heavy atom. The zero-order valence-electron chi connectivity index (χ0n) is 17.2. The van der Waals surface area contributed by atoms with Crippen LogP contribution in [0.4, 0.5) is 5.13 Å². The number of carbonyl (C=O) groups is 1. The number of halogens is 2. The Balaban J connectivity index is 0.00000320. The summed E-state index contributed by atoms with van der Waals surface area (Å²) in [5.74, 6) is 0.661. The zero-order chi connectivity index (χ0) is 20.8. The second-order valence-electron chi connectivity index (χ2n) is 6.84. The quantitative estimate of drug-likeness (QED) is 0.440. The standard InChI is InChI=1S/C22H24ClN3O2S.ClH/c1-25(2)13-6-14-26(21(27)18-7-4-5-8-19(18)23)22-24-20(15-29-22)16-9-11-17(28-3)12-10-16;/h4-5,7-12,15H,6,13-14H2,1-3H3;1H. The van der Waals surface area contributed by atoms with Crippen LogP contribution < -0.4 is 9.64 Å². The highest BCUT2D eigenvalue weighted by atomic mass is 35.5. The monoisotopic (exact) mass is 465 g/mol. The highest BCUT2D eigenvalue weighted by Crippen LogP contribution is 2.30. The van der Waals surface area contributed by atoms with Crippen LogP contribution >= 0.6 is 35.3 Å². The van der Waals surface area contributed by atoms with E-state index in [4.69, 9.17) is 21.3 Å². The molecule has 0 unspecified atom stereocenters. The highest BCUT2D eigenvalue weighted by molar-refractivity contribution is 7.14. The highest BCUT2D eigenvalue weighted by Gasteiger charge is 2.22. The SMILES string of the molecule is COc1ccc(-c2csc(N(CCCN(C)C)C(=O)c3ccccc3Cl)n2)cc1.Cl. The lowest BCUT2D eigenvalue weighted by molar-refractivity contribution is 0.0986. The van der Waals surface area contributed by atoms with Crippen LogP contribution in [-0.4, -0.2) is 50.1 Å². The maximum Gasteiger partial charge on any atom is 0.261 e. The number of amides is 1. The van der Waals surface area contributed by atoms with Gasteiger partial charge < -0.3 is 9.64 Å². The zero-order valence-corrected chi connectivity index (χ0v) is 19.6. The molecule has 0 N–H and O–H groups in total. The number of ether oxygens (including phenoxy) is 1. The molecule has 0 bridgehead atoms. The fourth-order valence-electron chi connectivity index (χ4n) is 2.89. The van der Waals surface area contributed by atoms with Gasteiger partial charge in [-0.3, -0.25) is 9.69 Å². The van der Waals surface area contributed by atoms with Gasteiger partial charge in [0.1, 0.15) is 5.75 Å². The molecule has 2 aromatic carbocycles. The van der Waals surface area contributed by atoms with Crippen molar-refractivity contribution >= 4 is 46.4 Å². The minimum atomic E-state index is -0.134. The number of aromatic nitrogens is 1. The van der Waals surface area contributed by atoms with Gasteiger partial charge >= 0.3 is 0 Å². The summed E-state index contributed by atoms with van der Waals surface area (Å²) in [6.07, 6.45) is 0.834. The fraction of sp³-hybridized carbons (Fsp3) is 0.273. The van der Waals surface area contributed by atoms with Crippen LogP contribution in [0, 0.1) is 0 Å². The van der Waals surface area contributed by atoms with E-state index in [2.05, 4.69) is 4.90 Å². The van der Waals surface area contributed by atoms with Gasteiger partial charge in [-0.15, -0.1) is 23.7 Å². The van der Waals surface area contributed by atoms with Gasteiger partial charge in [-0.2, -0.15) is 0 Å².